The van der Waals surface area contributed by atoms with Gasteiger partial charge in [-0.3, -0.25) is 0 Å². The van der Waals surface area contributed by atoms with E-state index in [4.69, 9.17) is 16.0 Å². The Hall–Kier alpha value is -1.63. The highest BCUT2D eigenvalue weighted by Gasteiger charge is 2.36. The summed E-state index contributed by atoms with van der Waals surface area (Å²) in [6.07, 6.45) is -4.97. The summed E-state index contributed by atoms with van der Waals surface area (Å²) in [5.74, 6) is -3.86. The monoisotopic (exact) mass is 297 g/mol. The van der Waals surface area contributed by atoms with Crippen LogP contribution in [-0.2, 0) is 6.18 Å². The van der Waals surface area contributed by atoms with Crippen molar-refractivity contribution in [2.75, 3.05) is 0 Å². The maximum atomic E-state index is 13.7. The van der Waals surface area contributed by atoms with Gasteiger partial charge in [-0.2, -0.15) is 13.2 Å². The van der Waals surface area contributed by atoms with Gasteiger partial charge in [-0.05, 0) is 30.7 Å². The van der Waals surface area contributed by atoms with Crippen molar-refractivity contribution in [2.45, 2.75) is 13.1 Å². The van der Waals surface area contributed by atoms with Crippen molar-refractivity contribution in [1.82, 2.24) is 4.98 Å². The third-order valence-electron chi connectivity index (χ3n) is 2.40. The molecule has 102 valence electrons. The van der Waals surface area contributed by atoms with Crippen molar-refractivity contribution in [3.05, 3.63) is 40.4 Å². The fourth-order valence-corrected chi connectivity index (χ4v) is 1.76. The first-order valence-corrected chi connectivity index (χ1v) is 5.28. The van der Waals surface area contributed by atoms with Gasteiger partial charge >= 0.3 is 6.18 Å². The minimum absolute atomic E-state index is 0.142. The number of oxazole rings is 1. The van der Waals surface area contributed by atoms with Gasteiger partial charge in [0.1, 0.15) is 0 Å². The average Bonchev–Trinajstić information content (AvgIpc) is 2.60. The van der Waals surface area contributed by atoms with E-state index >= 15 is 0 Å². The highest BCUT2D eigenvalue weighted by molar-refractivity contribution is 6.27. The molecule has 0 saturated heterocycles. The van der Waals surface area contributed by atoms with E-state index in [-0.39, 0.29) is 16.8 Å². The summed E-state index contributed by atoms with van der Waals surface area (Å²) in [6, 6.07) is 1.20. The van der Waals surface area contributed by atoms with Crippen molar-refractivity contribution < 1.29 is 26.4 Å². The van der Waals surface area contributed by atoms with E-state index in [9.17, 15) is 22.0 Å². The molecule has 1 heterocycles. The summed E-state index contributed by atoms with van der Waals surface area (Å²) in [5, 5.41) is -0.313. The molecule has 2 nitrogen and oxygen atoms in total. The molecule has 19 heavy (non-hydrogen) atoms. The van der Waals surface area contributed by atoms with Crippen LogP contribution in [0.5, 0.6) is 0 Å². The third kappa shape index (κ3) is 2.42. The predicted molar refractivity (Wildman–Crippen MR) is 56.6 cm³/mol. The molecule has 0 aliphatic heterocycles. The number of rotatable bonds is 1. The number of benzene rings is 1. The van der Waals surface area contributed by atoms with Gasteiger partial charge in [0, 0.05) is 0 Å². The lowest BCUT2D eigenvalue weighted by Gasteiger charge is -2.10. The molecule has 2 rings (SSSR count). The number of nitrogens with zero attached hydrogens (tertiary/aromatic N) is 1. The lowest BCUT2D eigenvalue weighted by molar-refractivity contribution is -0.140. The van der Waals surface area contributed by atoms with Crippen LogP contribution in [0, 0.1) is 18.6 Å². The summed E-state index contributed by atoms with van der Waals surface area (Å²) in [5.41, 5.74) is -2.01. The molecule has 1 aromatic heterocycles. The third-order valence-corrected chi connectivity index (χ3v) is 2.56. The first-order valence-electron chi connectivity index (χ1n) is 4.90. The minimum Gasteiger partial charge on any atom is -0.427 e. The Balaban J connectivity index is 2.63. The van der Waals surface area contributed by atoms with Crippen LogP contribution >= 0.6 is 11.6 Å². The predicted octanol–water partition coefficient (Wildman–Crippen LogP) is 4.60. The molecule has 8 heteroatoms. The van der Waals surface area contributed by atoms with Crippen LogP contribution in [0.2, 0.25) is 5.35 Å². The second-order valence-electron chi connectivity index (χ2n) is 3.67. The number of aryl methyl sites for hydroxylation is 1. The molecule has 2 aromatic rings. The number of hydrogen-bond donors (Lipinski definition) is 0. The standard InChI is InChI=1S/C11H5ClF5NO/c1-4-9(19-10(12)18-4)5-2-3-6(11(15,16)17)8(14)7(5)13/h2-3H,1H3. The SMILES string of the molecule is Cc1nc(Cl)oc1-c1ccc(C(F)(F)F)c(F)c1F. The molecule has 0 fully saturated rings. The van der Waals surface area contributed by atoms with Gasteiger partial charge in [-0.1, -0.05) is 0 Å². The normalized spacial score (nSPS) is 11.9. The van der Waals surface area contributed by atoms with E-state index < -0.39 is 28.9 Å². The van der Waals surface area contributed by atoms with Crippen molar-refractivity contribution in [3.8, 4) is 11.3 Å². The molecule has 0 radical (unpaired) electrons. The van der Waals surface area contributed by atoms with Crippen molar-refractivity contribution in [2.24, 2.45) is 0 Å². The van der Waals surface area contributed by atoms with Gasteiger partial charge in [-0.15, -0.1) is 0 Å². The second-order valence-corrected chi connectivity index (χ2v) is 3.99. The Morgan fingerprint density at radius 2 is 1.79 bits per heavy atom. The number of alkyl halides is 3. The Morgan fingerprint density at radius 3 is 2.26 bits per heavy atom. The smallest absolute Gasteiger partial charge is 0.419 e. The lowest BCUT2D eigenvalue weighted by Crippen LogP contribution is -2.10. The highest BCUT2D eigenvalue weighted by atomic mass is 35.5. The summed E-state index contributed by atoms with van der Waals surface area (Å²) >= 11 is 5.44. The minimum atomic E-state index is -4.97. The summed E-state index contributed by atoms with van der Waals surface area (Å²) in [6.45, 7) is 1.40. The molecule has 0 aliphatic carbocycles. The van der Waals surface area contributed by atoms with Crippen LogP contribution in [0.3, 0.4) is 0 Å². The van der Waals surface area contributed by atoms with E-state index in [0.29, 0.717) is 6.07 Å². The molecule has 1 aromatic carbocycles. The van der Waals surface area contributed by atoms with Crippen LogP contribution in [0.1, 0.15) is 11.3 Å². The first-order chi connectivity index (χ1) is 8.71. The Kier molecular flexibility index (Phi) is 3.25. The molecule has 0 bridgehead atoms. The van der Waals surface area contributed by atoms with E-state index in [0.717, 1.165) is 6.07 Å². The van der Waals surface area contributed by atoms with Crippen LogP contribution in [0.15, 0.2) is 16.5 Å². The topological polar surface area (TPSA) is 26.0 Å². The molecule has 0 spiro atoms. The van der Waals surface area contributed by atoms with Gasteiger partial charge in [0.25, 0.3) is 5.35 Å². The molecular formula is C11H5ClF5NO. The molecular weight excluding hydrogens is 293 g/mol. The zero-order valence-corrected chi connectivity index (χ0v) is 10.0. The van der Waals surface area contributed by atoms with Crippen molar-refractivity contribution in [3.63, 3.8) is 0 Å². The highest BCUT2D eigenvalue weighted by Crippen LogP contribution is 2.36. The van der Waals surface area contributed by atoms with Crippen LogP contribution < -0.4 is 0 Å². The molecule has 0 saturated carbocycles. The van der Waals surface area contributed by atoms with Gasteiger partial charge in [-0.25, -0.2) is 13.8 Å². The zero-order chi connectivity index (χ0) is 14.4. The molecule has 0 N–H and O–H groups in total. The Morgan fingerprint density at radius 1 is 1.16 bits per heavy atom. The average molecular weight is 298 g/mol. The van der Waals surface area contributed by atoms with Crippen LogP contribution in [0.25, 0.3) is 11.3 Å². The number of hydrogen-bond acceptors (Lipinski definition) is 2. The van der Waals surface area contributed by atoms with E-state index in [1.807, 2.05) is 0 Å². The van der Waals surface area contributed by atoms with E-state index in [1.54, 1.807) is 0 Å². The van der Waals surface area contributed by atoms with Crippen LogP contribution in [0.4, 0.5) is 22.0 Å². The van der Waals surface area contributed by atoms with Crippen molar-refractivity contribution >= 4 is 11.6 Å². The van der Waals surface area contributed by atoms with Gasteiger partial charge in [0.05, 0.1) is 16.8 Å². The molecule has 0 amide bonds. The Bertz CT molecular complexity index is 635. The van der Waals surface area contributed by atoms with Gasteiger partial charge < -0.3 is 4.42 Å². The van der Waals surface area contributed by atoms with Gasteiger partial charge in [0.15, 0.2) is 17.4 Å². The number of aromatic nitrogens is 1. The zero-order valence-electron chi connectivity index (χ0n) is 9.28. The second kappa shape index (κ2) is 4.48. The number of halogens is 6. The summed E-state index contributed by atoms with van der Waals surface area (Å²) < 4.78 is 69.0. The fourth-order valence-electron chi connectivity index (χ4n) is 1.56. The fraction of sp³-hybridized carbons (Fsp3) is 0.182. The quantitative estimate of drug-likeness (QED) is 0.719. The van der Waals surface area contributed by atoms with E-state index in [1.165, 1.54) is 6.92 Å². The van der Waals surface area contributed by atoms with E-state index in [2.05, 4.69) is 4.98 Å². The maximum absolute atomic E-state index is 13.7. The van der Waals surface area contributed by atoms with Crippen LogP contribution in [-0.4, -0.2) is 4.98 Å². The Labute approximate surface area is 108 Å². The molecule has 0 atom stereocenters. The van der Waals surface area contributed by atoms with Crippen molar-refractivity contribution in [1.29, 1.82) is 0 Å². The van der Waals surface area contributed by atoms with Gasteiger partial charge in [0.2, 0.25) is 0 Å². The first kappa shape index (κ1) is 13.8. The maximum Gasteiger partial charge on any atom is 0.419 e. The summed E-state index contributed by atoms with van der Waals surface area (Å²) in [4.78, 5) is 3.62. The largest absolute Gasteiger partial charge is 0.427 e. The molecule has 0 unspecified atom stereocenters. The molecule has 0 aliphatic rings. The lowest BCUT2D eigenvalue weighted by atomic mass is 10.1. The summed E-state index contributed by atoms with van der Waals surface area (Å²) in [7, 11) is 0.